The van der Waals surface area contributed by atoms with Gasteiger partial charge in [0.1, 0.15) is 11.9 Å². The molecule has 0 saturated carbocycles. The molecule has 0 aliphatic heterocycles. The normalized spacial score (nSPS) is 13.3. The van der Waals surface area contributed by atoms with E-state index in [4.69, 9.17) is 0 Å². The SMILES string of the molecule is CC(C)C[C@@H](C(=O)N[C@@H](CC(=O)O)c1ccc(-c2ccc(F)cc2)cc1)n1cc(CCN(C)C)c(C(F)(F)F)cc1=O. The van der Waals surface area contributed by atoms with Crippen molar-refractivity contribution < 1.29 is 32.3 Å². The average Bonchev–Trinajstić information content (AvgIpc) is 2.90. The van der Waals surface area contributed by atoms with Gasteiger partial charge in [0.15, 0.2) is 0 Å². The molecule has 2 N–H and O–H groups in total. The molecule has 0 radical (unpaired) electrons. The van der Waals surface area contributed by atoms with Crippen LogP contribution >= 0.6 is 0 Å². The van der Waals surface area contributed by atoms with Gasteiger partial charge < -0.3 is 19.9 Å². The Kier molecular flexibility index (Phi) is 10.7. The number of halogens is 4. The van der Waals surface area contributed by atoms with Gasteiger partial charge in [0, 0.05) is 18.8 Å². The lowest BCUT2D eigenvalue weighted by molar-refractivity contribution is -0.139. The number of rotatable bonds is 12. The smallest absolute Gasteiger partial charge is 0.416 e. The standard InChI is InChI=1S/C31H35F4N3O4/c1-19(2)15-27(38-18-23(13-14-37(3)4)25(16-28(38)39)31(33,34)35)30(42)36-26(17-29(40)41)22-7-5-20(6-8-22)21-9-11-24(32)12-10-21/h5-12,16,18-19,26-27H,13-15,17H2,1-4H3,(H,36,42)(H,40,41)/t26-,27-/m0/s1. The highest BCUT2D eigenvalue weighted by molar-refractivity contribution is 5.81. The second kappa shape index (κ2) is 13.8. The van der Waals surface area contributed by atoms with E-state index in [1.807, 2.05) is 13.8 Å². The van der Waals surface area contributed by atoms with E-state index < -0.39 is 47.7 Å². The minimum Gasteiger partial charge on any atom is -0.481 e. The third-order valence-electron chi connectivity index (χ3n) is 6.82. The summed E-state index contributed by atoms with van der Waals surface area (Å²) in [5, 5.41) is 12.3. The summed E-state index contributed by atoms with van der Waals surface area (Å²) in [5.41, 5.74) is -0.166. The van der Waals surface area contributed by atoms with Crippen molar-refractivity contribution in [1.82, 2.24) is 14.8 Å². The number of aliphatic carboxylic acids is 1. The summed E-state index contributed by atoms with van der Waals surface area (Å²) in [6.45, 7) is 3.91. The third kappa shape index (κ3) is 8.75. The highest BCUT2D eigenvalue weighted by Gasteiger charge is 2.35. The molecule has 0 aliphatic carbocycles. The summed E-state index contributed by atoms with van der Waals surface area (Å²) in [7, 11) is 3.43. The largest absolute Gasteiger partial charge is 0.481 e. The predicted octanol–water partition coefficient (Wildman–Crippen LogP) is 5.70. The molecular formula is C31H35F4N3O4. The molecule has 0 fully saturated rings. The molecule has 2 aromatic carbocycles. The Labute approximate surface area is 241 Å². The van der Waals surface area contributed by atoms with E-state index in [2.05, 4.69) is 5.32 Å². The molecule has 11 heteroatoms. The lowest BCUT2D eigenvalue weighted by Crippen LogP contribution is -2.40. The summed E-state index contributed by atoms with van der Waals surface area (Å²) in [6, 6.07) is 10.9. The van der Waals surface area contributed by atoms with Gasteiger partial charge in [-0.25, -0.2) is 4.39 Å². The van der Waals surface area contributed by atoms with E-state index >= 15 is 0 Å². The van der Waals surface area contributed by atoms with E-state index in [1.165, 1.54) is 12.1 Å². The summed E-state index contributed by atoms with van der Waals surface area (Å²) < 4.78 is 55.7. The average molecular weight is 590 g/mol. The number of alkyl halides is 3. The van der Waals surface area contributed by atoms with Crippen molar-refractivity contribution in [1.29, 1.82) is 0 Å². The molecule has 42 heavy (non-hydrogen) atoms. The van der Waals surface area contributed by atoms with Crippen molar-refractivity contribution in [3.8, 4) is 11.1 Å². The maximum Gasteiger partial charge on any atom is 0.416 e. The van der Waals surface area contributed by atoms with Gasteiger partial charge in [-0.05, 0) is 67.2 Å². The van der Waals surface area contributed by atoms with Gasteiger partial charge >= 0.3 is 12.1 Å². The Hall–Kier alpha value is -3.99. The van der Waals surface area contributed by atoms with Crippen molar-refractivity contribution in [2.45, 2.75) is 51.4 Å². The molecule has 1 aromatic heterocycles. The zero-order valence-electron chi connectivity index (χ0n) is 23.9. The van der Waals surface area contributed by atoms with Crippen LogP contribution in [0.5, 0.6) is 0 Å². The summed E-state index contributed by atoms with van der Waals surface area (Å²) >= 11 is 0. The van der Waals surface area contributed by atoms with E-state index in [9.17, 15) is 37.1 Å². The molecule has 0 aliphatic rings. The van der Waals surface area contributed by atoms with Gasteiger partial charge in [-0.15, -0.1) is 0 Å². The fraction of sp³-hybridized carbons (Fsp3) is 0.387. The molecule has 0 unspecified atom stereocenters. The lowest BCUT2D eigenvalue weighted by Gasteiger charge is -2.26. The number of carbonyl (C=O) groups is 2. The third-order valence-corrected chi connectivity index (χ3v) is 6.82. The number of nitrogens with zero attached hydrogens (tertiary/aromatic N) is 2. The van der Waals surface area contributed by atoms with Crippen LogP contribution in [0.2, 0.25) is 0 Å². The Morgan fingerprint density at radius 3 is 2.07 bits per heavy atom. The number of carbonyl (C=O) groups excluding carboxylic acids is 1. The first-order chi connectivity index (χ1) is 19.6. The van der Waals surface area contributed by atoms with Crippen LogP contribution in [0, 0.1) is 11.7 Å². The van der Waals surface area contributed by atoms with Crippen LogP contribution in [0.4, 0.5) is 17.6 Å². The van der Waals surface area contributed by atoms with Crippen LogP contribution in [0.25, 0.3) is 11.1 Å². The van der Waals surface area contributed by atoms with Crippen LogP contribution in [0.1, 0.15) is 55.5 Å². The van der Waals surface area contributed by atoms with Crippen molar-refractivity contribution in [2.75, 3.05) is 20.6 Å². The molecule has 0 saturated heterocycles. The van der Waals surface area contributed by atoms with Crippen molar-refractivity contribution >= 4 is 11.9 Å². The van der Waals surface area contributed by atoms with Gasteiger partial charge in [0.05, 0.1) is 18.0 Å². The molecule has 1 amide bonds. The van der Waals surface area contributed by atoms with Crippen LogP contribution in [0.15, 0.2) is 65.6 Å². The number of aromatic nitrogens is 1. The maximum atomic E-state index is 13.8. The van der Waals surface area contributed by atoms with Crippen molar-refractivity contribution in [2.24, 2.45) is 5.92 Å². The molecule has 226 valence electrons. The summed E-state index contributed by atoms with van der Waals surface area (Å²) in [4.78, 5) is 40.1. The fourth-order valence-corrected chi connectivity index (χ4v) is 4.68. The van der Waals surface area contributed by atoms with Crippen LogP contribution in [0.3, 0.4) is 0 Å². The molecule has 0 spiro atoms. The molecule has 3 rings (SSSR count). The number of likely N-dealkylation sites (N-methyl/N-ethyl adjacent to an activating group) is 1. The first-order valence-electron chi connectivity index (χ1n) is 13.5. The summed E-state index contributed by atoms with van der Waals surface area (Å²) in [5.74, 6) is -2.36. The Morgan fingerprint density at radius 2 is 1.57 bits per heavy atom. The minimum absolute atomic E-state index is 0.000183. The van der Waals surface area contributed by atoms with Crippen LogP contribution in [-0.4, -0.2) is 47.1 Å². The van der Waals surface area contributed by atoms with Gasteiger partial charge in [0.2, 0.25) is 5.91 Å². The Morgan fingerprint density at radius 1 is 1.00 bits per heavy atom. The topological polar surface area (TPSA) is 91.6 Å². The van der Waals surface area contributed by atoms with Crippen molar-refractivity contribution in [3.05, 3.63) is 93.7 Å². The number of hydrogen-bond donors (Lipinski definition) is 2. The van der Waals surface area contributed by atoms with Gasteiger partial charge in [-0.3, -0.25) is 14.4 Å². The number of amides is 1. The second-order valence-corrected chi connectivity index (χ2v) is 10.9. The highest BCUT2D eigenvalue weighted by Crippen LogP contribution is 2.32. The quantitative estimate of drug-likeness (QED) is 0.265. The molecule has 1 heterocycles. The van der Waals surface area contributed by atoms with Crippen LogP contribution < -0.4 is 10.9 Å². The van der Waals surface area contributed by atoms with E-state index in [0.717, 1.165) is 21.9 Å². The van der Waals surface area contributed by atoms with Crippen LogP contribution in [-0.2, 0) is 22.2 Å². The first-order valence-corrected chi connectivity index (χ1v) is 13.5. The first kappa shape index (κ1) is 32.5. The zero-order chi connectivity index (χ0) is 31.2. The minimum atomic E-state index is -4.75. The Bertz CT molecular complexity index is 1430. The predicted molar refractivity (Wildman–Crippen MR) is 151 cm³/mol. The number of benzene rings is 2. The molecule has 0 bridgehead atoms. The molecular weight excluding hydrogens is 554 g/mol. The lowest BCUT2D eigenvalue weighted by atomic mass is 9.97. The van der Waals surface area contributed by atoms with E-state index in [1.54, 1.807) is 55.4 Å². The number of hydrogen-bond acceptors (Lipinski definition) is 4. The van der Waals surface area contributed by atoms with Gasteiger partial charge in [0.25, 0.3) is 5.56 Å². The monoisotopic (exact) mass is 589 g/mol. The second-order valence-electron chi connectivity index (χ2n) is 10.9. The molecule has 3 aromatic rings. The number of carboxylic acid groups (broad SMARTS) is 1. The van der Waals surface area contributed by atoms with Gasteiger partial charge in [-0.1, -0.05) is 50.2 Å². The molecule has 7 nitrogen and oxygen atoms in total. The number of pyridine rings is 1. The Balaban J connectivity index is 1.98. The number of nitrogens with one attached hydrogen (secondary N) is 1. The van der Waals surface area contributed by atoms with E-state index in [0.29, 0.717) is 11.6 Å². The van der Waals surface area contributed by atoms with Gasteiger partial charge in [-0.2, -0.15) is 13.2 Å². The van der Waals surface area contributed by atoms with E-state index in [-0.39, 0.29) is 36.7 Å². The van der Waals surface area contributed by atoms with Crippen molar-refractivity contribution in [3.63, 3.8) is 0 Å². The number of carboxylic acids is 1. The maximum absolute atomic E-state index is 13.8. The fourth-order valence-electron chi connectivity index (χ4n) is 4.68. The highest BCUT2D eigenvalue weighted by atomic mass is 19.4. The molecule has 2 atom stereocenters. The zero-order valence-corrected chi connectivity index (χ0v) is 23.9. The summed E-state index contributed by atoms with van der Waals surface area (Å²) in [6.07, 6.45) is -3.98.